The van der Waals surface area contributed by atoms with Crippen molar-refractivity contribution in [3.05, 3.63) is 60.0 Å². The number of rotatable bonds is 6. The van der Waals surface area contributed by atoms with E-state index in [0.29, 0.717) is 30.4 Å². The molecule has 0 bridgehead atoms. The maximum Gasteiger partial charge on any atom is 0.416 e. The van der Waals surface area contributed by atoms with Crippen molar-refractivity contribution < 1.29 is 30.7 Å². The van der Waals surface area contributed by atoms with Gasteiger partial charge in [0.05, 0.1) is 27.9 Å². The molecule has 0 aliphatic heterocycles. The van der Waals surface area contributed by atoms with E-state index in [4.69, 9.17) is 4.52 Å². The predicted molar refractivity (Wildman–Crippen MR) is 111 cm³/mol. The van der Waals surface area contributed by atoms with Crippen LogP contribution in [-0.4, -0.2) is 39.1 Å². The van der Waals surface area contributed by atoms with Crippen molar-refractivity contribution in [1.82, 2.24) is 19.9 Å². The van der Waals surface area contributed by atoms with E-state index in [1.54, 1.807) is 30.1 Å². The standard InChI is InChI=1S/C21H19F3N4O4S/c1-28-18(10-7-13-5-8-15(9-6-13)21(22,23)24)17(12-25-28)20-26-19(27-32-20)14-3-2-4-16(11-14)33(29,30)31/h2-5,8-9,11-13H,6-7,10H2,1H3,(H,29,30,31). The van der Waals surface area contributed by atoms with Gasteiger partial charge >= 0.3 is 6.18 Å². The van der Waals surface area contributed by atoms with Crippen LogP contribution in [0.1, 0.15) is 18.5 Å². The molecule has 1 atom stereocenters. The molecular formula is C21H19F3N4O4S. The number of alkyl halides is 3. The molecule has 1 aliphatic carbocycles. The zero-order chi connectivity index (χ0) is 23.8. The summed E-state index contributed by atoms with van der Waals surface area (Å²) >= 11 is 0. The van der Waals surface area contributed by atoms with Gasteiger partial charge in [0.1, 0.15) is 0 Å². The topological polar surface area (TPSA) is 111 Å². The molecule has 2 heterocycles. The van der Waals surface area contributed by atoms with Crippen LogP contribution in [0.25, 0.3) is 22.8 Å². The van der Waals surface area contributed by atoms with E-state index in [-0.39, 0.29) is 22.5 Å². The second-order valence-corrected chi connectivity index (χ2v) is 9.03. The van der Waals surface area contributed by atoms with Crippen molar-refractivity contribution in [3.8, 4) is 22.8 Å². The fourth-order valence-corrected chi connectivity index (χ4v) is 4.12. The number of halogens is 3. The minimum atomic E-state index is -4.38. The van der Waals surface area contributed by atoms with E-state index in [1.807, 2.05) is 0 Å². The molecule has 0 saturated carbocycles. The summed E-state index contributed by atoms with van der Waals surface area (Å²) in [5, 5.41) is 8.12. The zero-order valence-corrected chi connectivity index (χ0v) is 18.1. The molecule has 0 radical (unpaired) electrons. The molecule has 4 rings (SSSR count). The SMILES string of the molecule is Cn1ncc(-c2nc(-c3cccc(S(=O)(=O)O)c3)no2)c1CCC1C=CC(C(F)(F)F)=CC1. The van der Waals surface area contributed by atoms with Crippen LogP contribution in [0.15, 0.2) is 63.7 Å². The summed E-state index contributed by atoms with van der Waals surface area (Å²) in [6, 6.07) is 5.49. The minimum absolute atomic E-state index is 0.0414. The molecule has 33 heavy (non-hydrogen) atoms. The fraction of sp³-hybridized carbons (Fsp3) is 0.286. The highest BCUT2D eigenvalue weighted by atomic mass is 32.2. The largest absolute Gasteiger partial charge is 0.416 e. The Balaban J connectivity index is 1.51. The number of allylic oxidation sites excluding steroid dienone is 4. The van der Waals surface area contributed by atoms with Crippen LogP contribution in [-0.2, 0) is 23.6 Å². The number of aryl methyl sites for hydroxylation is 1. The van der Waals surface area contributed by atoms with Crippen LogP contribution in [0.5, 0.6) is 0 Å². The van der Waals surface area contributed by atoms with Gasteiger partial charge in [-0.1, -0.05) is 35.5 Å². The van der Waals surface area contributed by atoms with Gasteiger partial charge in [-0.3, -0.25) is 9.23 Å². The van der Waals surface area contributed by atoms with E-state index < -0.39 is 21.9 Å². The highest BCUT2D eigenvalue weighted by molar-refractivity contribution is 7.85. The maximum absolute atomic E-state index is 12.8. The Labute approximate surface area is 187 Å². The van der Waals surface area contributed by atoms with Gasteiger partial charge < -0.3 is 4.52 Å². The van der Waals surface area contributed by atoms with Crippen molar-refractivity contribution in [3.63, 3.8) is 0 Å². The molecule has 2 aromatic heterocycles. The van der Waals surface area contributed by atoms with Gasteiger partial charge in [-0.15, -0.1) is 0 Å². The summed E-state index contributed by atoms with van der Waals surface area (Å²) < 4.78 is 77.3. The Morgan fingerprint density at radius 1 is 1.30 bits per heavy atom. The van der Waals surface area contributed by atoms with Crippen LogP contribution < -0.4 is 0 Å². The summed E-state index contributed by atoms with van der Waals surface area (Å²) in [5.41, 5.74) is 1.06. The third-order valence-corrected chi connectivity index (χ3v) is 6.23. The predicted octanol–water partition coefficient (Wildman–Crippen LogP) is 4.38. The first kappa shape index (κ1) is 22.9. The van der Waals surface area contributed by atoms with Crippen LogP contribution in [0.3, 0.4) is 0 Å². The lowest BCUT2D eigenvalue weighted by molar-refractivity contribution is -0.0887. The van der Waals surface area contributed by atoms with Crippen LogP contribution >= 0.6 is 0 Å². The molecule has 1 aromatic carbocycles. The summed E-state index contributed by atoms with van der Waals surface area (Å²) in [5.74, 6) is 0.259. The van der Waals surface area contributed by atoms with Gasteiger partial charge in [0.25, 0.3) is 16.0 Å². The Kier molecular flexibility index (Phi) is 5.97. The highest BCUT2D eigenvalue weighted by Crippen LogP contribution is 2.33. The molecule has 3 aromatic rings. The van der Waals surface area contributed by atoms with Gasteiger partial charge in [-0.25, -0.2) is 0 Å². The molecule has 1 N–H and O–H groups in total. The van der Waals surface area contributed by atoms with Gasteiger partial charge in [-0.2, -0.15) is 31.7 Å². The smallest absolute Gasteiger partial charge is 0.333 e. The number of nitrogens with zero attached hydrogens (tertiary/aromatic N) is 4. The molecule has 174 valence electrons. The van der Waals surface area contributed by atoms with Crippen LogP contribution in [0.4, 0.5) is 13.2 Å². The normalized spacial score (nSPS) is 16.8. The Morgan fingerprint density at radius 3 is 2.76 bits per heavy atom. The molecule has 0 spiro atoms. The Bertz CT molecular complexity index is 1340. The molecule has 1 unspecified atom stereocenters. The van der Waals surface area contributed by atoms with E-state index in [1.165, 1.54) is 24.3 Å². The van der Waals surface area contributed by atoms with Crippen molar-refractivity contribution in [2.45, 2.75) is 30.3 Å². The summed E-state index contributed by atoms with van der Waals surface area (Å²) in [6.07, 6.45) is 2.53. The first-order valence-corrected chi connectivity index (χ1v) is 11.3. The molecular weight excluding hydrogens is 461 g/mol. The number of aromatic nitrogens is 4. The molecule has 0 fully saturated rings. The summed E-state index contributed by atoms with van der Waals surface area (Å²) in [4.78, 5) is 4.03. The lowest BCUT2D eigenvalue weighted by Gasteiger charge is -2.17. The van der Waals surface area contributed by atoms with Crippen LogP contribution in [0.2, 0.25) is 0 Å². The minimum Gasteiger partial charge on any atom is -0.333 e. The van der Waals surface area contributed by atoms with Crippen molar-refractivity contribution in [1.29, 1.82) is 0 Å². The zero-order valence-electron chi connectivity index (χ0n) is 17.3. The fourth-order valence-electron chi connectivity index (χ4n) is 3.59. The summed E-state index contributed by atoms with van der Waals surface area (Å²) in [6.45, 7) is 0. The van der Waals surface area contributed by atoms with Gasteiger partial charge in [-0.05, 0) is 37.3 Å². The molecule has 8 nitrogen and oxygen atoms in total. The van der Waals surface area contributed by atoms with E-state index >= 15 is 0 Å². The number of benzene rings is 1. The monoisotopic (exact) mass is 480 g/mol. The molecule has 0 amide bonds. The van der Waals surface area contributed by atoms with E-state index in [9.17, 15) is 26.1 Å². The molecule has 1 aliphatic rings. The highest BCUT2D eigenvalue weighted by Gasteiger charge is 2.33. The Hall–Kier alpha value is -3.25. The van der Waals surface area contributed by atoms with Gasteiger partial charge in [0, 0.05) is 12.6 Å². The van der Waals surface area contributed by atoms with Crippen molar-refractivity contribution in [2.24, 2.45) is 13.0 Å². The lowest BCUT2D eigenvalue weighted by Crippen LogP contribution is -2.14. The average molecular weight is 480 g/mol. The van der Waals surface area contributed by atoms with Crippen molar-refractivity contribution >= 4 is 10.1 Å². The maximum atomic E-state index is 12.8. The third kappa shape index (κ3) is 5.06. The Morgan fingerprint density at radius 2 is 2.09 bits per heavy atom. The van der Waals surface area contributed by atoms with Crippen molar-refractivity contribution in [2.75, 3.05) is 0 Å². The van der Waals surface area contributed by atoms with E-state index in [2.05, 4.69) is 15.2 Å². The molecule has 12 heteroatoms. The van der Waals surface area contributed by atoms with E-state index in [0.717, 1.165) is 11.8 Å². The third-order valence-electron chi connectivity index (χ3n) is 5.38. The quantitative estimate of drug-likeness (QED) is 0.521. The van der Waals surface area contributed by atoms with Gasteiger partial charge in [0.2, 0.25) is 5.82 Å². The number of hydrogen-bond acceptors (Lipinski definition) is 6. The average Bonchev–Trinajstić information content (AvgIpc) is 3.38. The molecule has 0 saturated heterocycles. The van der Waals surface area contributed by atoms with Gasteiger partial charge in [0.15, 0.2) is 0 Å². The second-order valence-electron chi connectivity index (χ2n) is 7.61. The first-order valence-electron chi connectivity index (χ1n) is 9.91. The second kappa shape index (κ2) is 8.60. The summed E-state index contributed by atoms with van der Waals surface area (Å²) in [7, 11) is -2.64. The first-order chi connectivity index (χ1) is 15.5. The number of hydrogen-bond donors (Lipinski definition) is 1. The lowest BCUT2D eigenvalue weighted by atomic mass is 9.91. The van der Waals surface area contributed by atoms with Crippen LogP contribution in [0, 0.1) is 5.92 Å².